The molecule has 162 valence electrons. The molecular weight excluding hydrogens is 386 g/mol. The minimum atomic E-state index is 0.269. The Morgan fingerprint density at radius 3 is 2.32 bits per heavy atom. The fourth-order valence-corrected chi connectivity index (χ4v) is 4.17. The van der Waals surface area contributed by atoms with Crippen LogP contribution >= 0.6 is 0 Å². The van der Waals surface area contributed by atoms with Crippen molar-refractivity contribution in [3.8, 4) is 28.0 Å². The lowest BCUT2D eigenvalue weighted by Gasteiger charge is -2.35. The van der Waals surface area contributed by atoms with E-state index >= 15 is 0 Å². The molecule has 0 unspecified atom stereocenters. The van der Waals surface area contributed by atoms with E-state index in [1.165, 1.54) is 5.69 Å². The summed E-state index contributed by atoms with van der Waals surface area (Å²) in [6.45, 7) is 3.95. The first-order valence-electron chi connectivity index (χ1n) is 10.7. The number of ether oxygens (including phenoxy) is 1. The van der Waals surface area contributed by atoms with E-state index in [9.17, 15) is 0 Å². The topological polar surface area (TPSA) is 67.5 Å². The van der Waals surface area contributed by atoms with Gasteiger partial charge < -0.3 is 20.3 Å². The number of nitrogens with zero attached hydrogens (tertiary/aromatic N) is 4. The lowest BCUT2D eigenvalue weighted by molar-refractivity contribution is 0.414. The molecule has 2 N–H and O–H groups in total. The van der Waals surface area contributed by atoms with Gasteiger partial charge in [0.2, 0.25) is 0 Å². The minimum absolute atomic E-state index is 0.269. The quantitative estimate of drug-likeness (QED) is 0.674. The van der Waals surface area contributed by atoms with Gasteiger partial charge in [0.05, 0.1) is 12.8 Å². The van der Waals surface area contributed by atoms with Crippen molar-refractivity contribution in [1.82, 2.24) is 9.97 Å². The Balaban J connectivity index is 1.87. The number of aromatic nitrogens is 2. The number of pyridine rings is 2. The molecule has 1 aromatic carbocycles. The molecule has 3 heterocycles. The molecule has 0 atom stereocenters. The maximum absolute atomic E-state index is 6.21. The lowest BCUT2D eigenvalue weighted by atomic mass is 9.95. The van der Waals surface area contributed by atoms with E-state index < -0.39 is 0 Å². The van der Waals surface area contributed by atoms with Gasteiger partial charge in [0, 0.05) is 68.5 Å². The zero-order chi connectivity index (χ0) is 22.0. The second kappa shape index (κ2) is 8.94. The normalized spacial score (nSPS) is 14.5. The second-order valence-corrected chi connectivity index (χ2v) is 8.45. The van der Waals surface area contributed by atoms with Crippen LogP contribution in [-0.2, 0) is 0 Å². The largest absolute Gasteiger partial charge is 0.497 e. The Kier molecular flexibility index (Phi) is 6.09. The van der Waals surface area contributed by atoms with Gasteiger partial charge in [-0.25, -0.2) is 4.98 Å². The van der Waals surface area contributed by atoms with Gasteiger partial charge in [-0.15, -0.1) is 0 Å². The molecule has 3 aromatic rings. The average Bonchev–Trinajstić information content (AvgIpc) is 2.78. The molecule has 1 fully saturated rings. The number of nitrogens with two attached hydrogens (primary N) is 1. The fraction of sp³-hybridized carbons (Fsp3) is 0.360. The summed E-state index contributed by atoms with van der Waals surface area (Å²) in [5.74, 6) is 1.78. The summed E-state index contributed by atoms with van der Waals surface area (Å²) < 4.78 is 5.54. The highest BCUT2D eigenvalue weighted by atomic mass is 16.5. The van der Waals surface area contributed by atoms with Crippen molar-refractivity contribution >= 4 is 11.5 Å². The third kappa shape index (κ3) is 4.49. The van der Waals surface area contributed by atoms with Crippen LogP contribution in [-0.4, -0.2) is 50.3 Å². The van der Waals surface area contributed by atoms with Crippen LogP contribution in [0.2, 0.25) is 0 Å². The molecule has 4 rings (SSSR count). The summed E-state index contributed by atoms with van der Waals surface area (Å²) in [6.07, 6.45) is 7.81. The average molecular weight is 418 g/mol. The molecule has 0 bridgehead atoms. The van der Waals surface area contributed by atoms with E-state index in [1.807, 2.05) is 49.7 Å². The predicted molar refractivity (Wildman–Crippen MR) is 128 cm³/mol. The molecule has 6 heteroatoms. The zero-order valence-corrected chi connectivity index (χ0v) is 18.8. The molecule has 1 aliphatic rings. The van der Waals surface area contributed by atoms with Gasteiger partial charge in [0.25, 0.3) is 0 Å². The molecule has 1 saturated heterocycles. The highest BCUT2D eigenvalue weighted by Gasteiger charge is 2.23. The van der Waals surface area contributed by atoms with Crippen molar-refractivity contribution in [1.29, 1.82) is 0 Å². The van der Waals surface area contributed by atoms with Crippen LogP contribution in [0, 0.1) is 6.92 Å². The van der Waals surface area contributed by atoms with Crippen LogP contribution in [0.15, 0.2) is 48.9 Å². The van der Waals surface area contributed by atoms with Crippen LogP contribution in [0.1, 0.15) is 18.4 Å². The Bertz CT molecular complexity index is 1040. The van der Waals surface area contributed by atoms with Gasteiger partial charge in [-0.3, -0.25) is 4.98 Å². The maximum atomic E-state index is 6.21. The molecule has 31 heavy (non-hydrogen) atoms. The molecule has 1 aliphatic heterocycles. The number of aryl methyl sites for hydroxylation is 1. The molecule has 2 aromatic heterocycles. The number of methoxy groups -OCH3 is 1. The number of benzene rings is 1. The van der Waals surface area contributed by atoms with Gasteiger partial charge in [-0.05, 0) is 55.2 Å². The van der Waals surface area contributed by atoms with E-state index in [1.54, 1.807) is 7.11 Å². The standard InChI is InChI=1S/C25H31N5O/c1-17-11-19(13-21(12-17)31-4)23-16-27-15-22(18-5-6-24(28-14-18)29(2)3)25(23)30-9-7-20(26)8-10-30/h5-6,11-16,20H,7-10,26H2,1-4H3. The Morgan fingerprint density at radius 2 is 1.71 bits per heavy atom. The summed E-state index contributed by atoms with van der Waals surface area (Å²) >= 11 is 0. The van der Waals surface area contributed by atoms with Crippen molar-refractivity contribution in [3.63, 3.8) is 0 Å². The number of rotatable bonds is 5. The van der Waals surface area contributed by atoms with Crippen molar-refractivity contribution in [2.24, 2.45) is 5.73 Å². The SMILES string of the molecule is COc1cc(C)cc(-c2cncc(-c3ccc(N(C)C)nc3)c2N2CCC(N)CC2)c1. The van der Waals surface area contributed by atoms with Gasteiger partial charge in [-0.1, -0.05) is 6.07 Å². The molecule has 0 amide bonds. The summed E-state index contributed by atoms with van der Waals surface area (Å²) in [5, 5.41) is 0. The minimum Gasteiger partial charge on any atom is -0.497 e. The van der Waals surface area contributed by atoms with Crippen LogP contribution in [0.4, 0.5) is 11.5 Å². The first-order chi connectivity index (χ1) is 15.0. The molecule has 0 spiro atoms. The van der Waals surface area contributed by atoms with E-state index in [0.29, 0.717) is 0 Å². The smallest absolute Gasteiger partial charge is 0.127 e. The van der Waals surface area contributed by atoms with Gasteiger partial charge >= 0.3 is 0 Å². The summed E-state index contributed by atoms with van der Waals surface area (Å²) in [4.78, 5) is 13.7. The van der Waals surface area contributed by atoms with Crippen LogP contribution in [0.3, 0.4) is 0 Å². The molecule has 0 aliphatic carbocycles. The van der Waals surface area contributed by atoms with Crippen molar-refractivity contribution < 1.29 is 4.74 Å². The molecule has 6 nitrogen and oxygen atoms in total. The maximum Gasteiger partial charge on any atom is 0.127 e. The summed E-state index contributed by atoms with van der Waals surface area (Å²) in [6, 6.07) is 10.8. The van der Waals surface area contributed by atoms with E-state index in [2.05, 4.69) is 40.0 Å². The van der Waals surface area contributed by atoms with Gasteiger partial charge in [-0.2, -0.15) is 0 Å². The third-order valence-corrected chi connectivity index (χ3v) is 5.89. The number of anilines is 2. The lowest BCUT2D eigenvalue weighted by Crippen LogP contribution is -2.40. The van der Waals surface area contributed by atoms with Gasteiger partial charge in [0.15, 0.2) is 0 Å². The Morgan fingerprint density at radius 1 is 1.00 bits per heavy atom. The summed E-state index contributed by atoms with van der Waals surface area (Å²) in [5.41, 5.74) is 12.9. The second-order valence-electron chi connectivity index (χ2n) is 8.45. The zero-order valence-electron chi connectivity index (χ0n) is 18.8. The fourth-order valence-electron chi connectivity index (χ4n) is 4.17. The molecule has 0 saturated carbocycles. The number of hydrogen-bond acceptors (Lipinski definition) is 6. The molecular formula is C25H31N5O. The van der Waals surface area contributed by atoms with Crippen LogP contribution in [0.25, 0.3) is 22.3 Å². The molecule has 0 radical (unpaired) electrons. The highest BCUT2D eigenvalue weighted by Crippen LogP contribution is 2.41. The third-order valence-electron chi connectivity index (χ3n) is 5.89. The highest BCUT2D eigenvalue weighted by molar-refractivity contribution is 5.90. The van der Waals surface area contributed by atoms with E-state index in [-0.39, 0.29) is 6.04 Å². The Labute approximate surface area is 184 Å². The monoisotopic (exact) mass is 417 g/mol. The van der Waals surface area contributed by atoms with E-state index in [4.69, 9.17) is 10.5 Å². The van der Waals surface area contributed by atoms with E-state index in [0.717, 1.165) is 65.3 Å². The number of hydrogen-bond donors (Lipinski definition) is 1. The Hall–Kier alpha value is -3.12. The first-order valence-corrected chi connectivity index (χ1v) is 10.7. The first kappa shape index (κ1) is 21.1. The predicted octanol–water partition coefficient (Wildman–Crippen LogP) is 4.12. The van der Waals surface area contributed by atoms with Crippen LogP contribution in [0.5, 0.6) is 5.75 Å². The van der Waals surface area contributed by atoms with Gasteiger partial charge in [0.1, 0.15) is 11.6 Å². The van der Waals surface area contributed by atoms with Crippen LogP contribution < -0.4 is 20.3 Å². The van der Waals surface area contributed by atoms with Crippen molar-refractivity contribution in [3.05, 3.63) is 54.5 Å². The summed E-state index contributed by atoms with van der Waals surface area (Å²) in [7, 11) is 5.70. The number of piperidine rings is 1. The van der Waals surface area contributed by atoms with Crippen molar-refractivity contribution in [2.45, 2.75) is 25.8 Å². The van der Waals surface area contributed by atoms with Crippen molar-refractivity contribution in [2.75, 3.05) is 44.1 Å².